The van der Waals surface area contributed by atoms with E-state index in [0.717, 1.165) is 38.5 Å². The maximum absolute atomic E-state index is 13.0. The highest BCUT2D eigenvalue weighted by atomic mass is 32.3. The van der Waals surface area contributed by atoms with E-state index in [-0.39, 0.29) is 6.42 Å². The summed E-state index contributed by atoms with van der Waals surface area (Å²) in [4.78, 5) is 13.0. The molecule has 14 heteroatoms. The lowest BCUT2D eigenvalue weighted by Gasteiger charge is -2.41. The van der Waals surface area contributed by atoms with Crippen LogP contribution < -0.4 is 5.32 Å². The van der Waals surface area contributed by atoms with Crippen LogP contribution in [0, 0.1) is 0 Å². The molecule has 1 rings (SSSR count). The maximum Gasteiger partial charge on any atom is 0.397 e. The summed E-state index contributed by atoms with van der Waals surface area (Å²) in [5.74, 6) is -0.787. The minimum atomic E-state index is -5.13. The zero-order valence-electron chi connectivity index (χ0n) is 34.5. The normalized spacial score (nSPS) is 22.4. The van der Waals surface area contributed by atoms with E-state index in [2.05, 4.69) is 53.7 Å². The van der Waals surface area contributed by atoms with Gasteiger partial charge >= 0.3 is 10.4 Å². The molecule has 0 aromatic carbocycles. The fourth-order valence-corrected chi connectivity index (χ4v) is 6.69. The summed E-state index contributed by atoms with van der Waals surface area (Å²) in [6, 6.07) is -1.17. The van der Waals surface area contributed by atoms with Gasteiger partial charge in [0.1, 0.15) is 30.5 Å². The molecule has 8 unspecified atom stereocenters. The summed E-state index contributed by atoms with van der Waals surface area (Å²) in [5.41, 5.74) is 0. The molecule has 7 N–H and O–H groups in total. The highest BCUT2D eigenvalue weighted by molar-refractivity contribution is 7.80. The zero-order valence-corrected chi connectivity index (χ0v) is 35.3. The van der Waals surface area contributed by atoms with Gasteiger partial charge in [-0.3, -0.25) is 9.35 Å². The van der Waals surface area contributed by atoms with E-state index in [1.807, 2.05) is 12.2 Å². The standard InChI is InChI=1S/C43H75NO12S/c1-3-5-7-9-11-13-15-17-18-19-20-22-23-25-27-29-31-36(46)35(34-54-43-40(49)41(56-57(51,52)53)39(48)38(33-45)55-43)44-42(50)37(47)32-30-28-26-24-21-16-14-12-10-8-6-4-2/h17-18,21-24,28-31,35-41,43,45-49H,3-16,19-20,25-27,32-34H2,1-2H3,(H,44,50)(H,51,52,53)/b18-17+,23-22+,24-21-,30-28-,31-29+. The van der Waals surface area contributed by atoms with E-state index in [1.54, 1.807) is 12.2 Å². The summed E-state index contributed by atoms with van der Waals surface area (Å²) in [6.07, 6.45) is 29.1. The monoisotopic (exact) mass is 830 g/mol. The summed E-state index contributed by atoms with van der Waals surface area (Å²) in [7, 11) is -5.13. The van der Waals surface area contributed by atoms with Crippen molar-refractivity contribution in [3.63, 3.8) is 0 Å². The number of unbranched alkanes of at least 4 members (excludes halogenated alkanes) is 14. The number of aliphatic hydroxyl groups excluding tert-OH is 5. The first-order valence-corrected chi connectivity index (χ1v) is 22.6. The van der Waals surface area contributed by atoms with Gasteiger partial charge in [0.15, 0.2) is 6.29 Å². The summed E-state index contributed by atoms with van der Waals surface area (Å²) < 4.78 is 47.3. The number of carbonyl (C=O) groups is 1. The van der Waals surface area contributed by atoms with E-state index in [1.165, 1.54) is 76.7 Å². The number of allylic oxidation sites excluding steroid dienone is 8. The third kappa shape index (κ3) is 26.5. The lowest BCUT2D eigenvalue weighted by Crippen LogP contribution is -2.61. The minimum Gasteiger partial charge on any atom is -0.394 e. The molecule has 1 heterocycles. The molecule has 0 spiro atoms. The molecule has 0 aliphatic carbocycles. The fraction of sp³-hybridized carbons (Fsp3) is 0.744. The topological polar surface area (TPSA) is 212 Å². The van der Waals surface area contributed by atoms with Crippen molar-refractivity contribution >= 4 is 16.3 Å². The third-order valence-electron chi connectivity index (χ3n) is 9.62. The Bertz CT molecular complexity index is 1270. The van der Waals surface area contributed by atoms with Crippen molar-refractivity contribution in [1.29, 1.82) is 0 Å². The SMILES string of the molecule is CCCCCCCC/C=C\C/C=C\CC(O)C(=O)NC(COC1OC(CO)C(O)C(OS(=O)(=O)O)C1O)C(O)/C=C/CC/C=C/CC/C=C/CCCCCCCC. The number of nitrogens with one attached hydrogen (secondary N) is 1. The summed E-state index contributed by atoms with van der Waals surface area (Å²) >= 11 is 0. The average molecular weight is 830 g/mol. The molecule has 0 aromatic heterocycles. The minimum absolute atomic E-state index is 0.0209. The second-order valence-corrected chi connectivity index (χ2v) is 15.8. The highest BCUT2D eigenvalue weighted by Gasteiger charge is 2.48. The van der Waals surface area contributed by atoms with E-state index >= 15 is 0 Å². The van der Waals surface area contributed by atoms with E-state index in [9.17, 15) is 38.7 Å². The highest BCUT2D eigenvalue weighted by Crippen LogP contribution is 2.26. The van der Waals surface area contributed by atoms with Gasteiger partial charge < -0.3 is 40.3 Å². The Morgan fingerprint density at radius 3 is 1.79 bits per heavy atom. The van der Waals surface area contributed by atoms with Gasteiger partial charge in [-0.25, -0.2) is 4.18 Å². The first-order valence-electron chi connectivity index (χ1n) is 21.3. The van der Waals surface area contributed by atoms with Crippen molar-refractivity contribution in [2.45, 2.75) is 191 Å². The second kappa shape index (κ2) is 33.6. The number of carbonyl (C=O) groups excluding carboxylic acids is 1. The number of hydrogen-bond acceptors (Lipinski definition) is 11. The van der Waals surface area contributed by atoms with Crippen molar-refractivity contribution in [3.8, 4) is 0 Å². The molecule has 0 saturated carbocycles. The van der Waals surface area contributed by atoms with Gasteiger partial charge in [-0.2, -0.15) is 8.42 Å². The van der Waals surface area contributed by atoms with Gasteiger partial charge in [0.25, 0.3) is 0 Å². The smallest absolute Gasteiger partial charge is 0.394 e. The lowest BCUT2D eigenvalue weighted by molar-refractivity contribution is -0.298. The van der Waals surface area contributed by atoms with Crippen LogP contribution in [0.3, 0.4) is 0 Å². The van der Waals surface area contributed by atoms with Crippen LogP contribution in [0.4, 0.5) is 0 Å². The molecule has 8 atom stereocenters. The van der Waals surface area contributed by atoms with Crippen LogP contribution in [0.1, 0.15) is 142 Å². The summed E-state index contributed by atoms with van der Waals surface area (Å²) in [5, 5.41) is 54.9. The Hall–Kier alpha value is -2.24. The van der Waals surface area contributed by atoms with Crippen LogP contribution in [-0.4, -0.2) is 107 Å². The fourth-order valence-electron chi connectivity index (χ4n) is 6.18. The van der Waals surface area contributed by atoms with Crippen molar-refractivity contribution < 1.29 is 57.0 Å². The molecular weight excluding hydrogens is 755 g/mol. The van der Waals surface area contributed by atoms with Gasteiger partial charge in [-0.05, 0) is 57.8 Å². The predicted molar refractivity (Wildman–Crippen MR) is 223 cm³/mol. The van der Waals surface area contributed by atoms with Crippen molar-refractivity contribution in [1.82, 2.24) is 5.32 Å². The Morgan fingerprint density at radius 1 is 0.719 bits per heavy atom. The Balaban J connectivity index is 2.75. The van der Waals surface area contributed by atoms with Crippen molar-refractivity contribution in [2.75, 3.05) is 13.2 Å². The molecule has 57 heavy (non-hydrogen) atoms. The molecule has 1 amide bonds. The van der Waals surface area contributed by atoms with Crippen molar-refractivity contribution in [2.24, 2.45) is 0 Å². The number of ether oxygens (including phenoxy) is 2. The Morgan fingerprint density at radius 2 is 1.23 bits per heavy atom. The predicted octanol–water partition coefficient (Wildman–Crippen LogP) is 6.46. The van der Waals surface area contributed by atoms with Gasteiger partial charge in [0, 0.05) is 6.42 Å². The number of rotatable bonds is 34. The number of hydrogen-bond donors (Lipinski definition) is 7. The zero-order chi connectivity index (χ0) is 42.2. The second-order valence-electron chi connectivity index (χ2n) is 14.7. The molecule has 1 saturated heterocycles. The Kier molecular flexibility index (Phi) is 31.1. The van der Waals surface area contributed by atoms with Gasteiger partial charge in [0.2, 0.25) is 5.91 Å². The van der Waals surface area contributed by atoms with Crippen LogP contribution in [0.15, 0.2) is 60.8 Å². The largest absolute Gasteiger partial charge is 0.397 e. The Labute approximate surface area is 342 Å². The van der Waals surface area contributed by atoms with Crippen LogP contribution in [0.2, 0.25) is 0 Å². The first kappa shape index (κ1) is 52.8. The third-order valence-corrected chi connectivity index (χ3v) is 10.1. The molecule has 1 aliphatic heterocycles. The van der Waals surface area contributed by atoms with E-state index in [0.29, 0.717) is 12.8 Å². The van der Waals surface area contributed by atoms with Crippen LogP contribution >= 0.6 is 0 Å². The lowest BCUT2D eigenvalue weighted by atomic mass is 9.99. The van der Waals surface area contributed by atoms with Crippen LogP contribution in [0.5, 0.6) is 0 Å². The van der Waals surface area contributed by atoms with Crippen molar-refractivity contribution in [3.05, 3.63) is 60.8 Å². The maximum atomic E-state index is 13.0. The first-order chi connectivity index (χ1) is 27.4. The van der Waals surface area contributed by atoms with Gasteiger partial charge in [-0.1, -0.05) is 139 Å². The molecule has 1 aliphatic rings. The molecule has 0 bridgehead atoms. The summed E-state index contributed by atoms with van der Waals surface area (Å²) in [6.45, 7) is 3.10. The van der Waals surface area contributed by atoms with Gasteiger partial charge in [-0.15, -0.1) is 0 Å². The van der Waals surface area contributed by atoms with E-state index < -0.39 is 78.5 Å². The molecule has 1 fully saturated rings. The molecule has 330 valence electrons. The van der Waals surface area contributed by atoms with E-state index in [4.69, 9.17) is 14.0 Å². The number of aliphatic hydroxyl groups is 5. The van der Waals surface area contributed by atoms with Gasteiger partial charge in [0.05, 0.1) is 25.4 Å². The van der Waals surface area contributed by atoms with Crippen LogP contribution in [-0.2, 0) is 28.9 Å². The van der Waals surface area contributed by atoms with Crippen LogP contribution in [0.25, 0.3) is 0 Å². The molecule has 0 radical (unpaired) electrons. The molecular formula is C43H75NO12S. The quantitative estimate of drug-likeness (QED) is 0.0212. The molecule has 13 nitrogen and oxygen atoms in total. The number of amides is 1. The molecule has 0 aromatic rings. The average Bonchev–Trinajstić information content (AvgIpc) is 3.18.